The first-order valence-corrected chi connectivity index (χ1v) is 7.56. The molecule has 0 aromatic carbocycles. The first kappa shape index (κ1) is 12.9. The summed E-state index contributed by atoms with van der Waals surface area (Å²) in [5, 5.41) is 7.01. The second-order valence-corrected chi connectivity index (χ2v) is 6.66. The van der Waals surface area contributed by atoms with Gasteiger partial charge < -0.3 is 20.4 Å². The minimum atomic E-state index is 0.829. The number of hydrogen-bond acceptors (Lipinski definition) is 4. The fraction of sp³-hybridized carbons (Fsp3) is 1.00. The molecule has 0 aromatic rings. The van der Waals surface area contributed by atoms with Gasteiger partial charge >= 0.3 is 0 Å². The number of rotatable bonds is 0. The quantitative estimate of drug-likeness (QED) is 0.626. The molecule has 4 aliphatic rings. The van der Waals surface area contributed by atoms with Crippen molar-refractivity contribution >= 4 is 0 Å². The zero-order chi connectivity index (χ0) is 12.5. The molecule has 0 bridgehead atoms. The van der Waals surface area contributed by atoms with E-state index in [2.05, 4.69) is 34.5 Å². The number of nitrogens with one attached hydrogen (secondary N) is 2. The van der Waals surface area contributed by atoms with E-state index in [1.54, 1.807) is 0 Å². The summed E-state index contributed by atoms with van der Waals surface area (Å²) in [6.07, 6.45) is 2.80. The fourth-order valence-electron chi connectivity index (χ4n) is 4.13. The van der Waals surface area contributed by atoms with E-state index in [1.807, 2.05) is 0 Å². The minimum absolute atomic E-state index is 0.829. The molecule has 0 aliphatic carbocycles. The number of likely N-dealkylation sites (N-methyl/N-ethyl adjacent to an activating group) is 2. The van der Waals surface area contributed by atoms with Crippen molar-refractivity contribution in [2.75, 3.05) is 53.4 Å². The minimum Gasteiger partial charge on any atom is -0.312 e. The summed E-state index contributed by atoms with van der Waals surface area (Å²) in [6, 6.07) is 1.66. The Balaban J connectivity index is 0.000000111. The normalized spacial score (nSPS) is 43.7. The molecule has 0 aromatic heterocycles. The Hall–Kier alpha value is -0.160. The van der Waals surface area contributed by atoms with Crippen LogP contribution in [0.4, 0.5) is 0 Å². The molecule has 2 N–H and O–H groups in total. The predicted molar refractivity (Wildman–Crippen MR) is 74.8 cm³/mol. The second kappa shape index (κ2) is 5.45. The third kappa shape index (κ3) is 2.72. The van der Waals surface area contributed by atoms with Gasteiger partial charge in [-0.3, -0.25) is 0 Å². The Morgan fingerprint density at radius 1 is 0.722 bits per heavy atom. The topological polar surface area (TPSA) is 30.5 Å². The third-order valence-corrected chi connectivity index (χ3v) is 5.09. The van der Waals surface area contributed by atoms with Crippen molar-refractivity contribution in [1.29, 1.82) is 0 Å². The molecular formula is C14H28N4. The lowest BCUT2D eigenvalue weighted by molar-refractivity contribution is 0.382. The lowest BCUT2D eigenvalue weighted by Gasteiger charge is -2.07. The van der Waals surface area contributed by atoms with E-state index in [9.17, 15) is 0 Å². The summed E-state index contributed by atoms with van der Waals surface area (Å²) in [7, 11) is 4.42. The van der Waals surface area contributed by atoms with Gasteiger partial charge in [-0.05, 0) is 51.9 Å². The van der Waals surface area contributed by atoms with Gasteiger partial charge in [-0.25, -0.2) is 0 Å². The number of likely N-dealkylation sites (tertiary alicyclic amines) is 2. The van der Waals surface area contributed by atoms with Crippen molar-refractivity contribution in [2.45, 2.75) is 24.9 Å². The van der Waals surface area contributed by atoms with Crippen LogP contribution in [0.25, 0.3) is 0 Å². The molecule has 0 unspecified atom stereocenters. The van der Waals surface area contributed by atoms with Gasteiger partial charge in [-0.2, -0.15) is 0 Å². The molecule has 0 saturated carbocycles. The highest BCUT2D eigenvalue weighted by molar-refractivity contribution is 4.93. The molecule has 4 aliphatic heterocycles. The van der Waals surface area contributed by atoms with Crippen molar-refractivity contribution in [3.63, 3.8) is 0 Å². The maximum Gasteiger partial charge on any atom is 0.0235 e. The number of nitrogens with zero attached hydrogens (tertiary/aromatic N) is 2. The Bertz CT molecular complexity index is 231. The first-order chi connectivity index (χ1) is 8.72. The molecule has 104 valence electrons. The van der Waals surface area contributed by atoms with Crippen LogP contribution in [0, 0.1) is 11.8 Å². The van der Waals surface area contributed by atoms with Crippen LogP contribution >= 0.6 is 0 Å². The van der Waals surface area contributed by atoms with Crippen LogP contribution in [0.3, 0.4) is 0 Å². The summed E-state index contributed by atoms with van der Waals surface area (Å²) in [5.41, 5.74) is 0. The molecule has 0 radical (unpaired) electrons. The maximum absolute atomic E-state index is 3.51. The molecule has 18 heavy (non-hydrogen) atoms. The Morgan fingerprint density at radius 2 is 1.17 bits per heavy atom. The summed E-state index contributed by atoms with van der Waals surface area (Å²) in [5.74, 6) is 1.94. The maximum atomic E-state index is 3.51. The van der Waals surface area contributed by atoms with Gasteiger partial charge in [0, 0.05) is 38.3 Å². The molecule has 4 rings (SSSR count). The Morgan fingerprint density at radius 3 is 1.56 bits per heavy atom. The van der Waals surface area contributed by atoms with Crippen molar-refractivity contribution in [3.8, 4) is 0 Å². The predicted octanol–water partition coefficient (Wildman–Crippen LogP) is -0.180. The standard InChI is InChI=1S/2C7H14N2/c2*1-9-4-6-2-3-8-7(6)5-9/h2*6-8H,2-5H2,1H3/t2*6-,7+/m10/s1. The van der Waals surface area contributed by atoms with Gasteiger partial charge in [0.1, 0.15) is 0 Å². The van der Waals surface area contributed by atoms with E-state index in [-0.39, 0.29) is 0 Å². The smallest absolute Gasteiger partial charge is 0.0235 e. The van der Waals surface area contributed by atoms with Crippen LogP contribution < -0.4 is 10.6 Å². The molecule has 4 saturated heterocycles. The van der Waals surface area contributed by atoms with Gasteiger partial charge in [0.25, 0.3) is 0 Å². The molecule has 4 heteroatoms. The molecule has 0 amide bonds. The molecule has 4 fully saturated rings. The average molecular weight is 252 g/mol. The first-order valence-electron chi connectivity index (χ1n) is 7.56. The van der Waals surface area contributed by atoms with E-state index < -0.39 is 0 Å². The van der Waals surface area contributed by atoms with Gasteiger partial charge in [0.2, 0.25) is 0 Å². The zero-order valence-electron chi connectivity index (χ0n) is 11.9. The van der Waals surface area contributed by atoms with Crippen molar-refractivity contribution < 1.29 is 0 Å². The monoisotopic (exact) mass is 252 g/mol. The van der Waals surface area contributed by atoms with Crippen molar-refractivity contribution in [2.24, 2.45) is 11.8 Å². The summed E-state index contributed by atoms with van der Waals surface area (Å²) in [6.45, 7) is 7.68. The lowest BCUT2D eigenvalue weighted by atomic mass is 10.1. The largest absolute Gasteiger partial charge is 0.312 e. The van der Waals surface area contributed by atoms with Crippen LogP contribution in [0.2, 0.25) is 0 Å². The molecule has 4 nitrogen and oxygen atoms in total. The summed E-state index contributed by atoms with van der Waals surface area (Å²) < 4.78 is 0. The summed E-state index contributed by atoms with van der Waals surface area (Å²) in [4.78, 5) is 4.84. The van der Waals surface area contributed by atoms with Crippen LogP contribution in [0.1, 0.15) is 12.8 Å². The Kier molecular flexibility index (Phi) is 3.89. The lowest BCUT2D eigenvalue weighted by Crippen LogP contribution is -2.28. The van der Waals surface area contributed by atoms with Crippen LogP contribution in [0.5, 0.6) is 0 Å². The SMILES string of the molecule is CN1C[C@@H]2CCN[C@@H]2C1.CN1C[C@H]2CCN[C@H]2C1. The van der Waals surface area contributed by atoms with Crippen LogP contribution in [0.15, 0.2) is 0 Å². The third-order valence-electron chi connectivity index (χ3n) is 5.09. The van der Waals surface area contributed by atoms with Crippen molar-refractivity contribution in [1.82, 2.24) is 20.4 Å². The van der Waals surface area contributed by atoms with E-state index in [0.29, 0.717) is 0 Å². The highest BCUT2D eigenvalue weighted by atomic mass is 15.2. The molecule has 4 atom stereocenters. The second-order valence-electron chi connectivity index (χ2n) is 6.66. The van der Waals surface area contributed by atoms with E-state index in [1.165, 1.54) is 52.1 Å². The zero-order valence-corrected chi connectivity index (χ0v) is 11.9. The van der Waals surface area contributed by atoms with E-state index >= 15 is 0 Å². The molecular weight excluding hydrogens is 224 g/mol. The van der Waals surface area contributed by atoms with Gasteiger partial charge in [0.05, 0.1) is 0 Å². The van der Waals surface area contributed by atoms with E-state index in [4.69, 9.17) is 0 Å². The van der Waals surface area contributed by atoms with Crippen molar-refractivity contribution in [3.05, 3.63) is 0 Å². The summed E-state index contributed by atoms with van der Waals surface area (Å²) >= 11 is 0. The van der Waals surface area contributed by atoms with Gasteiger partial charge in [0.15, 0.2) is 0 Å². The Labute approximate surface area is 111 Å². The average Bonchev–Trinajstić information content (AvgIpc) is 2.97. The highest BCUT2D eigenvalue weighted by Crippen LogP contribution is 2.23. The van der Waals surface area contributed by atoms with Crippen LogP contribution in [-0.2, 0) is 0 Å². The number of hydrogen-bond donors (Lipinski definition) is 2. The highest BCUT2D eigenvalue weighted by Gasteiger charge is 2.34. The van der Waals surface area contributed by atoms with Crippen LogP contribution in [-0.4, -0.2) is 75.2 Å². The molecule has 0 spiro atoms. The molecule has 4 heterocycles. The fourth-order valence-corrected chi connectivity index (χ4v) is 4.13. The van der Waals surface area contributed by atoms with Gasteiger partial charge in [-0.15, -0.1) is 0 Å². The van der Waals surface area contributed by atoms with Gasteiger partial charge in [-0.1, -0.05) is 0 Å². The van der Waals surface area contributed by atoms with E-state index in [0.717, 1.165) is 23.9 Å². The number of fused-ring (bicyclic) bond motifs is 2.